The molecule has 128 valence electrons. The summed E-state index contributed by atoms with van der Waals surface area (Å²) in [7, 11) is 1.60. The molecule has 7 heteroatoms. The first-order valence-corrected chi connectivity index (χ1v) is 8.31. The molecule has 0 aliphatic rings. The van der Waals surface area contributed by atoms with Crippen molar-refractivity contribution >= 4 is 23.2 Å². The van der Waals surface area contributed by atoms with Gasteiger partial charge in [-0.1, -0.05) is 6.07 Å². The second kappa shape index (κ2) is 9.57. The number of thiophene rings is 1. The van der Waals surface area contributed by atoms with Gasteiger partial charge in [0.25, 0.3) is 5.91 Å². The molecule has 0 bridgehead atoms. The number of ether oxygens (including phenoxy) is 3. The number of carbonyl (C=O) groups excluding carboxylic acids is 2. The van der Waals surface area contributed by atoms with Crippen LogP contribution in [0.2, 0.25) is 0 Å². The van der Waals surface area contributed by atoms with Crippen LogP contribution in [0.5, 0.6) is 11.5 Å². The number of rotatable bonds is 9. The van der Waals surface area contributed by atoms with Crippen molar-refractivity contribution in [1.82, 2.24) is 5.32 Å². The summed E-state index contributed by atoms with van der Waals surface area (Å²) < 4.78 is 15.5. The molecule has 0 spiro atoms. The van der Waals surface area contributed by atoms with Gasteiger partial charge in [-0.25, -0.2) is 0 Å². The van der Waals surface area contributed by atoms with Gasteiger partial charge in [-0.15, -0.1) is 11.3 Å². The van der Waals surface area contributed by atoms with E-state index in [2.05, 4.69) is 5.32 Å². The number of nitrogens with one attached hydrogen (secondary N) is 1. The third-order valence-electron chi connectivity index (χ3n) is 3.03. The molecule has 1 aromatic heterocycles. The van der Waals surface area contributed by atoms with Crippen molar-refractivity contribution in [3.8, 4) is 11.5 Å². The van der Waals surface area contributed by atoms with Crippen LogP contribution in [0.15, 0.2) is 41.8 Å². The summed E-state index contributed by atoms with van der Waals surface area (Å²) in [4.78, 5) is 23.9. The molecule has 1 aromatic carbocycles. The lowest BCUT2D eigenvalue weighted by Crippen LogP contribution is -2.26. The lowest BCUT2D eigenvalue weighted by atomic mass is 10.3. The van der Waals surface area contributed by atoms with E-state index in [9.17, 15) is 9.59 Å². The Kier molecular flexibility index (Phi) is 7.10. The Morgan fingerprint density at radius 2 is 1.83 bits per heavy atom. The van der Waals surface area contributed by atoms with Crippen LogP contribution in [0.3, 0.4) is 0 Å². The summed E-state index contributed by atoms with van der Waals surface area (Å²) in [5, 5.41) is 4.50. The Bertz CT molecular complexity index is 640. The Hall–Kier alpha value is -2.54. The van der Waals surface area contributed by atoms with Gasteiger partial charge in [0.2, 0.25) is 0 Å². The zero-order chi connectivity index (χ0) is 17.2. The maximum atomic E-state index is 11.7. The van der Waals surface area contributed by atoms with E-state index in [-0.39, 0.29) is 38.1 Å². The van der Waals surface area contributed by atoms with E-state index < -0.39 is 0 Å². The van der Waals surface area contributed by atoms with E-state index in [0.29, 0.717) is 10.6 Å². The normalized spacial score (nSPS) is 10.0. The molecule has 0 saturated carbocycles. The predicted molar refractivity (Wildman–Crippen MR) is 90.7 cm³/mol. The van der Waals surface area contributed by atoms with E-state index in [4.69, 9.17) is 14.2 Å². The van der Waals surface area contributed by atoms with E-state index >= 15 is 0 Å². The fourth-order valence-corrected chi connectivity index (χ4v) is 2.47. The highest BCUT2D eigenvalue weighted by molar-refractivity contribution is 7.12. The lowest BCUT2D eigenvalue weighted by molar-refractivity contribution is -0.144. The molecule has 2 rings (SSSR count). The molecule has 0 aliphatic heterocycles. The quantitative estimate of drug-likeness (QED) is 0.556. The molecule has 0 atom stereocenters. The van der Waals surface area contributed by atoms with E-state index in [1.807, 2.05) is 5.38 Å². The predicted octanol–water partition coefficient (Wildman–Crippen LogP) is 2.50. The molecule has 1 heterocycles. The van der Waals surface area contributed by atoms with Crippen molar-refractivity contribution in [2.24, 2.45) is 0 Å². The fourth-order valence-electron chi connectivity index (χ4n) is 1.83. The van der Waals surface area contributed by atoms with Crippen LogP contribution in [0.25, 0.3) is 0 Å². The maximum Gasteiger partial charge on any atom is 0.307 e. The van der Waals surface area contributed by atoms with E-state index in [0.717, 1.165) is 5.75 Å². The van der Waals surface area contributed by atoms with Gasteiger partial charge in [-0.3, -0.25) is 9.59 Å². The minimum Gasteiger partial charge on any atom is -0.497 e. The summed E-state index contributed by atoms with van der Waals surface area (Å²) in [5.41, 5.74) is 0. The van der Waals surface area contributed by atoms with Crippen molar-refractivity contribution in [1.29, 1.82) is 0 Å². The van der Waals surface area contributed by atoms with Gasteiger partial charge in [0.1, 0.15) is 24.7 Å². The Balaban J connectivity index is 1.55. The fraction of sp³-hybridized carbons (Fsp3) is 0.294. The third-order valence-corrected chi connectivity index (χ3v) is 3.90. The van der Waals surface area contributed by atoms with Crippen LogP contribution in [-0.4, -0.2) is 38.7 Å². The third kappa shape index (κ3) is 5.92. The molecule has 1 N–H and O–H groups in total. The number of benzene rings is 1. The second-order valence-electron chi connectivity index (χ2n) is 4.73. The molecule has 0 aliphatic carbocycles. The first-order valence-electron chi connectivity index (χ1n) is 7.43. The summed E-state index contributed by atoms with van der Waals surface area (Å²) >= 11 is 1.35. The number of hydrogen-bond donors (Lipinski definition) is 1. The first-order chi connectivity index (χ1) is 11.7. The van der Waals surface area contributed by atoms with Gasteiger partial charge < -0.3 is 19.5 Å². The molecule has 24 heavy (non-hydrogen) atoms. The molecule has 0 radical (unpaired) electrons. The van der Waals surface area contributed by atoms with Gasteiger partial charge in [-0.2, -0.15) is 0 Å². The summed E-state index contributed by atoms with van der Waals surface area (Å²) in [6, 6.07) is 10.7. The minimum atomic E-state index is -0.375. The standard InChI is InChI=1S/C17H19NO5S/c1-21-13-4-6-14(7-5-13)22-10-11-23-16(19)8-9-18-17(20)15-3-2-12-24-15/h2-7,12H,8-11H2,1H3,(H,18,20). The van der Waals surface area contributed by atoms with Crippen molar-refractivity contribution in [2.75, 3.05) is 26.9 Å². The monoisotopic (exact) mass is 349 g/mol. The number of methoxy groups -OCH3 is 1. The smallest absolute Gasteiger partial charge is 0.307 e. The molecule has 0 fully saturated rings. The van der Waals surface area contributed by atoms with Gasteiger partial charge in [-0.05, 0) is 35.7 Å². The van der Waals surface area contributed by atoms with Crippen LogP contribution in [0.1, 0.15) is 16.1 Å². The summed E-state index contributed by atoms with van der Waals surface area (Å²) in [6.45, 7) is 0.665. The lowest BCUT2D eigenvalue weighted by Gasteiger charge is -2.08. The second-order valence-corrected chi connectivity index (χ2v) is 5.68. The molecule has 1 amide bonds. The number of hydrogen-bond acceptors (Lipinski definition) is 6. The van der Waals surface area contributed by atoms with Gasteiger partial charge in [0, 0.05) is 6.54 Å². The number of esters is 1. The largest absolute Gasteiger partial charge is 0.497 e. The van der Waals surface area contributed by atoms with Crippen LogP contribution in [0.4, 0.5) is 0 Å². The Morgan fingerprint density at radius 3 is 2.50 bits per heavy atom. The molecule has 0 unspecified atom stereocenters. The summed E-state index contributed by atoms with van der Waals surface area (Å²) in [6.07, 6.45) is 0.125. The topological polar surface area (TPSA) is 73.9 Å². The van der Waals surface area contributed by atoms with Crippen LogP contribution in [-0.2, 0) is 9.53 Å². The zero-order valence-corrected chi connectivity index (χ0v) is 14.1. The average molecular weight is 349 g/mol. The molecular weight excluding hydrogens is 330 g/mol. The highest BCUT2D eigenvalue weighted by Gasteiger charge is 2.08. The van der Waals surface area contributed by atoms with E-state index in [1.54, 1.807) is 43.5 Å². The van der Waals surface area contributed by atoms with E-state index in [1.165, 1.54) is 11.3 Å². The molecular formula is C17H19NO5S. The Labute approximate surface area is 144 Å². The highest BCUT2D eigenvalue weighted by Crippen LogP contribution is 2.16. The minimum absolute atomic E-state index is 0.125. The SMILES string of the molecule is COc1ccc(OCCOC(=O)CCNC(=O)c2cccs2)cc1. The van der Waals surface area contributed by atoms with Crippen LogP contribution >= 0.6 is 11.3 Å². The van der Waals surface area contributed by atoms with Crippen molar-refractivity contribution in [2.45, 2.75) is 6.42 Å². The van der Waals surface area contributed by atoms with Crippen LogP contribution in [0, 0.1) is 0 Å². The van der Waals surface area contributed by atoms with Gasteiger partial charge >= 0.3 is 5.97 Å². The highest BCUT2D eigenvalue weighted by atomic mass is 32.1. The molecule has 2 aromatic rings. The van der Waals surface area contributed by atoms with Crippen molar-refractivity contribution in [3.63, 3.8) is 0 Å². The number of carbonyl (C=O) groups is 2. The van der Waals surface area contributed by atoms with Gasteiger partial charge in [0.15, 0.2) is 0 Å². The molecule has 0 saturated heterocycles. The first kappa shape index (κ1) is 17.8. The zero-order valence-electron chi connectivity index (χ0n) is 13.3. The average Bonchev–Trinajstić information content (AvgIpc) is 3.14. The number of amides is 1. The summed E-state index contributed by atoms with van der Waals surface area (Å²) in [5.74, 6) is 0.869. The van der Waals surface area contributed by atoms with Crippen molar-refractivity contribution in [3.05, 3.63) is 46.7 Å². The van der Waals surface area contributed by atoms with Crippen molar-refractivity contribution < 1.29 is 23.8 Å². The maximum absolute atomic E-state index is 11.7. The van der Waals surface area contributed by atoms with Gasteiger partial charge in [0.05, 0.1) is 18.4 Å². The molecule has 6 nitrogen and oxygen atoms in total. The Morgan fingerprint density at radius 1 is 1.08 bits per heavy atom. The van der Waals surface area contributed by atoms with Crippen LogP contribution < -0.4 is 14.8 Å².